The molecule has 9 nitrogen and oxygen atoms in total. The first-order valence-electron chi connectivity index (χ1n) is 12.0. The van der Waals surface area contributed by atoms with Gasteiger partial charge in [0.15, 0.2) is 0 Å². The number of hydrogen-bond donors (Lipinski definition) is 3. The number of carbonyl (C=O) groups excluding carboxylic acids is 4. The maximum atomic E-state index is 12.8. The van der Waals surface area contributed by atoms with Crippen LogP contribution in [0.25, 0.3) is 0 Å². The fourth-order valence-electron chi connectivity index (χ4n) is 3.48. The van der Waals surface area contributed by atoms with Crippen molar-refractivity contribution < 1.29 is 23.9 Å². The van der Waals surface area contributed by atoms with E-state index in [1.807, 2.05) is 25.1 Å². The Morgan fingerprint density at radius 2 is 1.52 bits per heavy atom. The van der Waals surface area contributed by atoms with Gasteiger partial charge in [0.2, 0.25) is 0 Å². The van der Waals surface area contributed by atoms with Gasteiger partial charge in [-0.2, -0.15) is 5.10 Å². The van der Waals surface area contributed by atoms with Gasteiger partial charge in [0.05, 0.1) is 23.0 Å². The predicted octanol–water partition coefficient (Wildman–Crippen LogP) is 5.32. The van der Waals surface area contributed by atoms with Crippen molar-refractivity contribution in [3.8, 4) is 5.75 Å². The number of halogens is 1. The van der Waals surface area contributed by atoms with Crippen molar-refractivity contribution in [1.29, 1.82) is 0 Å². The maximum Gasteiger partial charge on any atom is 0.343 e. The summed E-state index contributed by atoms with van der Waals surface area (Å²) >= 11 is 3.31. The van der Waals surface area contributed by atoms with Gasteiger partial charge in [-0.1, -0.05) is 40.2 Å². The molecule has 0 atom stereocenters. The van der Waals surface area contributed by atoms with Crippen molar-refractivity contribution >= 4 is 57.2 Å². The summed E-state index contributed by atoms with van der Waals surface area (Å²) in [6.45, 7) is 1.91. The first-order chi connectivity index (χ1) is 19.3. The van der Waals surface area contributed by atoms with Crippen molar-refractivity contribution in [2.75, 3.05) is 10.6 Å². The Morgan fingerprint density at radius 3 is 2.25 bits per heavy atom. The zero-order valence-corrected chi connectivity index (χ0v) is 22.8. The fraction of sp³-hybridized carbons (Fsp3) is 0.0333. The van der Waals surface area contributed by atoms with Gasteiger partial charge in [-0.15, -0.1) is 0 Å². The lowest BCUT2D eigenvalue weighted by molar-refractivity contribution is -0.136. The maximum absolute atomic E-state index is 12.8. The summed E-state index contributed by atoms with van der Waals surface area (Å²) in [5.41, 5.74) is 5.09. The van der Waals surface area contributed by atoms with Crippen LogP contribution in [0.5, 0.6) is 5.75 Å². The van der Waals surface area contributed by atoms with Gasteiger partial charge < -0.3 is 15.4 Å². The van der Waals surface area contributed by atoms with Gasteiger partial charge in [-0.05, 0) is 90.8 Å². The smallest absolute Gasteiger partial charge is 0.343 e. The number of para-hydroxylation sites is 1. The highest BCUT2D eigenvalue weighted by atomic mass is 79.9. The van der Waals surface area contributed by atoms with Crippen LogP contribution in [0.2, 0.25) is 0 Å². The van der Waals surface area contributed by atoms with E-state index in [0.29, 0.717) is 22.6 Å². The van der Waals surface area contributed by atoms with Gasteiger partial charge in [-0.25, -0.2) is 10.2 Å². The molecule has 40 heavy (non-hydrogen) atoms. The standard InChI is InChI=1S/C30H23BrN4O5/c1-19-5-4-6-23(17-19)33-27(36)25-7-2-3-8-26(25)34-28(37)29(38)35-32-18-20-9-15-24(16-10-20)40-30(39)21-11-13-22(31)14-12-21/h2-18H,1H3,(H,33,36)(H,34,37)(H,35,38)/b32-18-. The van der Waals surface area contributed by atoms with Gasteiger partial charge in [0, 0.05) is 10.2 Å². The number of rotatable bonds is 7. The number of esters is 1. The van der Waals surface area contributed by atoms with Crippen molar-refractivity contribution in [1.82, 2.24) is 5.43 Å². The minimum absolute atomic E-state index is 0.171. The number of benzene rings is 4. The van der Waals surface area contributed by atoms with Crippen LogP contribution in [0.15, 0.2) is 107 Å². The molecule has 0 saturated carbocycles. The molecule has 0 aliphatic rings. The molecule has 0 heterocycles. The van der Waals surface area contributed by atoms with E-state index in [4.69, 9.17) is 4.74 Å². The Labute approximate surface area is 238 Å². The molecular formula is C30H23BrN4O5. The lowest BCUT2D eigenvalue weighted by Crippen LogP contribution is -2.33. The molecule has 0 bridgehead atoms. The Balaban J connectivity index is 1.30. The molecule has 4 aromatic rings. The fourth-order valence-corrected chi connectivity index (χ4v) is 3.74. The van der Waals surface area contributed by atoms with Gasteiger partial charge >= 0.3 is 17.8 Å². The molecule has 0 saturated heterocycles. The minimum Gasteiger partial charge on any atom is -0.423 e. The monoisotopic (exact) mass is 598 g/mol. The summed E-state index contributed by atoms with van der Waals surface area (Å²) in [6, 6.07) is 26.8. The third kappa shape index (κ3) is 7.71. The summed E-state index contributed by atoms with van der Waals surface area (Å²) < 4.78 is 6.19. The van der Waals surface area contributed by atoms with Crippen LogP contribution in [0.1, 0.15) is 31.8 Å². The van der Waals surface area contributed by atoms with Crippen molar-refractivity contribution in [3.05, 3.63) is 124 Å². The number of anilines is 2. The zero-order chi connectivity index (χ0) is 28.5. The summed E-state index contributed by atoms with van der Waals surface area (Å²) in [6.07, 6.45) is 1.33. The molecule has 0 aromatic heterocycles. The molecule has 10 heteroatoms. The van der Waals surface area contributed by atoms with E-state index in [1.165, 1.54) is 18.3 Å². The second kappa shape index (κ2) is 13.1. The van der Waals surface area contributed by atoms with E-state index in [9.17, 15) is 19.2 Å². The summed E-state index contributed by atoms with van der Waals surface area (Å²) in [5, 5.41) is 9.01. The number of aryl methyl sites for hydroxylation is 1. The third-order valence-corrected chi connectivity index (χ3v) is 5.98. The third-order valence-electron chi connectivity index (χ3n) is 5.45. The van der Waals surface area contributed by atoms with Crippen LogP contribution in [0.3, 0.4) is 0 Å². The van der Waals surface area contributed by atoms with Crippen LogP contribution >= 0.6 is 15.9 Å². The molecule has 0 radical (unpaired) electrons. The van der Waals surface area contributed by atoms with Gasteiger partial charge in [-0.3, -0.25) is 14.4 Å². The SMILES string of the molecule is Cc1cccc(NC(=O)c2ccccc2NC(=O)C(=O)N/N=C\c2ccc(OC(=O)c3ccc(Br)cc3)cc2)c1. The number of nitrogens with zero attached hydrogens (tertiary/aromatic N) is 1. The van der Waals surface area contributed by atoms with E-state index in [1.54, 1.807) is 66.7 Å². The number of carbonyl (C=O) groups is 4. The predicted molar refractivity (Wildman–Crippen MR) is 155 cm³/mol. The molecule has 0 aliphatic carbocycles. The highest BCUT2D eigenvalue weighted by Crippen LogP contribution is 2.19. The van der Waals surface area contributed by atoms with E-state index in [2.05, 4.69) is 37.1 Å². The largest absolute Gasteiger partial charge is 0.423 e. The van der Waals surface area contributed by atoms with E-state index in [-0.39, 0.29) is 11.3 Å². The molecular weight excluding hydrogens is 576 g/mol. The lowest BCUT2D eigenvalue weighted by atomic mass is 10.1. The van der Waals surface area contributed by atoms with Crippen LogP contribution in [0.4, 0.5) is 11.4 Å². The molecule has 200 valence electrons. The van der Waals surface area contributed by atoms with E-state index < -0.39 is 23.7 Å². The molecule has 0 fully saturated rings. The van der Waals surface area contributed by atoms with Gasteiger partial charge in [0.1, 0.15) is 5.75 Å². The van der Waals surface area contributed by atoms with Crippen LogP contribution in [-0.2, 0) is 9.59 Å². The number of ether oxygens (including phenoxy) is 1. The van der Waals surface area contributed by atoms with Gasteiger partial charge in [0.25, 0.3) is 5.91 Å². The summed E-state index contributed by atoms with van der Waals surface area (Å²) in [7, 11) is 0. The second-order valence-electron chi connectivity index (χ2n) is 8.49. The molecule has 4 rings (SSSR count). The highest BCUT2D eigenvalue weighted by Gasteiger charge is 2.18. The minimum atomic E-state index is -1.02. The Morgan fingerprint density at radius 1 is 0.800 bits per heavy atom. The Bertz CT molecular complexity index is 1580. The lowest BCUT2D eigenvalue weighted by Gasteiger charge is -2.11. The highest BCUT2D eigenvalue weighted by molar-refractivity contribution is 9.10. The first-order valence-corrected chi connectivity index (χ1v) is 12.8. The Kier molecular flexibility index (Phi) is 9.16. The first kappa shape index (κ1) is 27.9. The molecule has 0 aliphatic heterocycles. The number of nitrogens with one attached hydrogen (secondary N) is 3. The average molecular weight is 599 g/mol. The molecule has 0 spiro atoms. The normalized spacial score (nSPS) is 10.6. The number of amides is 3. The van der Waals surface area contributed by atoms with E-state index >= 15 is 0 Å². The number of hydrazone groups is 1. The van der Waals surface area contributed by atoms with Crippen molar-refractivity contribution in [2.45, 2.75) is 6.92 Å². The van der Waals surface area contributed by atoms with Crippen molar-refractivity contribution in [2.24, 2.45) is 5.10 Å². The van der Waals surface area contributed by atoms with Crippen LogP contribution < -0.4 is 20.8 Å². The zero-order valence-electron chi connectivity index (χ0n) is 21.2. The molecule has 3 N–H and O–H groups in total. The van der Waals surface area contributed by atoms with Crippen LogP contribution in [-0.4, -0.2) is 29.9 Å². The summed E-state index contributed by atoms with van der Waals surface area (Å²) in [5.74, 6) is -2.63. The molecule has 3 amide bonds. The summed E-state index contributed by atoms with van der Waals surface area (Å²) in [4.78, 5) is 49.7. The molecule has 4 aromatic carbocycles. The Hall–Kier alpha value is -5.09. The topological polar surface area (TPSA) is 126 Å². The quantitative estimate of drug-likeness (QED) is 0.0872. The van der Waals surface area contributed by atoms with E-state index in [0.717, 1.165) is 10.0 Å². The second-order valence-corrected chi connectivity index (χ2v) is 9.40. The van der Waals surface area contributed by atoms with Crippen LogP contribution in [0, 0.1) is 6.92 Å². The average Bonchev–Trinajstić information content (AvgIpc) is 2.94. The number of hydrogen-bond acceptors (Lipinski definition) is 6. The van der Waals surface area contributed by atoms with Crippen molar-refractivity contribution in [3.63, 3.8) is 0 Å². The molecule has 0 unspecified atom stereocenters.